The first-order chi connectivity index (χ1) is 15.5. The van der Waals surface area contributed by atoms with Gasteiger partial charge in [-0.05, 0) is 0 Å². The van der Waals surface area contributed by atoms with Crippen LogP contribution in [0.4, 0.5) is 0 Å². The third-order valence-corrected chi connectivity index (χ3v) is 4.93. The summed E-state index contributed by atoms with van der Waals surface area (Å²) in [5.74, 6) is 0. The third kappa shape index (κ3) is 4.42. The summed E-state index contributed by atoms with van der Waals surface area (Å²) in [5.41, 5.74) is 4.09. The van der Waals surface area contributed by atoms with E-state index in [2.05, 4.69) is 49.8 Å². The zero-order valence-corrected chi connectivity index (χ0v) is 18.8. The molecule has 0 aliphatic heterocycles. The van der Waals surface area contributed by atoms with Gasteiger partial charge in [0, 0.05) is 14.1 Å². The fourth-order valence-electron chi connectivity index (χ4n) is 2.60. The molecule has 0 atom stereocenters. The van der Waals surface area contributed by atoms with E-state index in [9.17, 15) is 0 Å². The highest BCUT2D eigenvalue weighted by Crippen LogP contribution is 2.16. The summed E-state index contributed by atoms with van der Waals surface area (Å²) in [5, 5.41) is 1.24. The number of nitrogens with one attached hydrogen (secondary N) is 1. The zero-order chi connectivity index (χ0) is 22.7. The Balaban J connectivity index is 0.000000115. The van der Waals surface area contributed by atoms with Crippen LogP contribution < -0.4 is 0 Å². The van der Waals surface area contributed by atoms with Gasteiger partial charge in [-0.25, -0.2) is 44.9 Å². The molecule has 0 aliphatic rings. The number of aromatic nitrogens is 12. The smallest absolute Gasteiger partial charge is 0.182 e. The molecule has 6 aromatic rings. The van der Waals surface area contributed by atoms with E-state index < -0.39 is 0 Å². The summed E-state index contributed by atoms with van der Waals surface area (Å²) in [4.78, 5) is 37.9. The number of rotatable bonds is 0. The number of imidazole rings is 3. The highest BCUT2D eigenvalue weighted by atomic mass is 35.5. The molecular formula is C17H13Cl3N12. The Hall–Kier alpha value is -3.48. The van der Waals surface area contributed by atoms with Crippen molar-refractivity contribution in [3.05, 3.63) is 53.4 Å². The molecule has 0 amide bonds. The summed E-state index contributed by atoms with van der Waals surface area (Å²) < 4.78 is 3.58. The number of hydrogen-bond acceptors (Lipinski definition) is 9. The molecule has 162 valence electrons. The van der Waals surface area contributed by atoms with Gasteiger partial charge in [-0.2, -0.15) is 0 Å². The van der Waals surface area contributed by atoms with Crippen LogP contribution in [0.2, 0.25) is 15.5 Å². The maximum absolute atomic E-state index is 5.79. The van der Waals surface area contributed by atoms with Crippen LogP contribution in [0, 0.1) is 0 Å². The lowest BCUT2D eigenvalue weighted by molar-refractivity contribution is 0.928. The Kier molecular flexibility index (Phi) is 6.35. The van der Waals surface area contributed by atoms with E-state index in [0.29, 0.717) is 37.8 Å². The molecule has 6 rings (SSSR count). The molecule has 1 N–H and O–H groups in total. The predicted molar refractivity (Wildman–Crippen MR) is 119 cm³/mol. The molecule has 0 aliphatic carbocycles. The van der Waals surface area contributed by atoms with E-state index >= 15 is 0 Å². The number of aromatic amines is 1. The summed E-state index contributed by atoms with van der Waals surface area (Å²) in [6.45, 7) is 0. The Morgan fingerprint density at radius 1 is 0.656 bits per heavy atom. The number of H-pyrrole nitrogens is 1. The second-order valence-corrected chi connectivity index (χ2v) is 7.22. The van der Waals surface area contributed by atoms with E-state index in [0.717, 1.165) is 11.2 Å². The summed E-state index contributed by atoms with van der Waals surface area (Å²) in [6, 6.07) is 0. The van der Waals surface area contributed by atoms with E-state index in [-0.39, 0.29) is 0 Å². The second kappa shape index (κ2) is 9.34. The normalized spacial score (nSPS) is 10.7. The molecule has 0 spiro atoms. The van der Waals surface area contributed by atoms with Crippen LogP contribution in [0.5, 0.6) is 0 Å². The van der Waals surface area contributed by atoms with Crippen molar-refractivity contribution < 1.29 is 0 Å². The predicted octanol–water partition coefficient (Wildman–Crippen LogP) is 3.04. The van der Waals surface area contributed by atoms with Gasteiger partial charge in [-0.1, -0.05) is 34.8 Å². The quantitative estimate of drug-likeness (QED) is 0.317. The topological polar surface area (TPSA) is 142 Å². The van der Waals surface area contributed by atoms with Crippen molar-refractivity contribution in [1.82, 2.24) is 59.0 Å². The highest BCUT2D eigenvalue weighted by molar-refractivity contribution is 6.34. The third-order valence-electron chi connectivity index (χ3n) is 4.09. The van der Waals surface area contributed by atoms with Gasteiger partial charge in [0.15, 0.2) is 32.4 Å². The van der Waals surface area contributed by atoms with Gasteiger partial charge in [0.1, 0.15) is 35.5 Å². The summed E-state index contributed by atoms with van der Waals surface area (Å²) in [6.07, 6.45) is 9.05. The molecule has 0 bridgehead atoms. The minimum Gasteiger partial charge on any atom is -0.341 e. The van der Waals surface area contributed by atoms with Crippen LogP contribution in [0.3, 0.4) is 0 Å². The van der Waals surface area contributed by atoms with Crippen molar-refractivity contribution in [3.63, 3.8) is 0 Å². The average molecular weight is 492 g/mol. The zero-order valence-electron chi connectivity index (χ0n) is 16.5. The first kappa shape index (κ1) is 21.7. The van der Waals surface area contributed by atoms with Crippen molar-refractivity contribution in [2.24, 2.45) is 14.1 Å². The summed E-state index contributed by atoms with van der Waals surface area (Å²) in [7, 11) is 3.71. The minimum absolute atomic E-state index is 0.399. The first-order valence-corrected chi connectivity index (χ1v) is 9.93. The SMILES string of the molecule is Clc1ncnc2nc[nH]c12.Cn1cnc2c(Cl)ncnc21.Cn1cnc2ncnc(Cl)c21. The molecule has 0 fully saturated rings. The molecule has 0 unspecified atom stereocenters. The Labute approximate surface area is 194 Å². The van der Waals surface area contributed by atoms with Gasteiger partial charge in [-0.3, -0.25) is 0 Å². The fraction of sp³-hybridized carbons (Fsp3) is 0.118. The molecular weight excluding hydrogens is 479 g/mol. The molecule has 0 saturated heterocycles. The molecule has 12 nitrogen and oxygen atoms in total. The number of fused-ring (bicyclic) bond motifs is 3. The highest BCUT2D eigenvalue weighted by Gasteiger charge is 2.05. The number of aryl methyl sites for hydroxylation is 2. The lowest BCUT2D eigenvalue weighted by Gasteiger charge is -1.93. The maximum atomic E-state index is 5.79. The Bertz CT molecular complexity index is 1510. The maximum Gasteiger partial charge on any atom is 0.182 e. The lowest BCUT2D eigenvalue weighted by Crippen LogP contribution is -1.88. The Morgan fingerprint density at radius 3 is 2.03 bits per heavy atom. The largest absolute Gasteiger partial charge is 0.341 e. The van der Waals surface area contributed by atoms with Gasteiger partial charge in [0.25, 0.3) is 0 Å². The van der Waals surface area contributed by atoms with Crippen molar-refractivity contribution in [2.75, 3.05) is 0 Å². The fourth-order valence-corrected chi connectivity index (χ4v) is 3.22. The van der Waals surface area contributed by atoms with Gasteiger partial charge in [0.2, 0.25) is 0 Å². The standard InChI is InChI=1S/2C6H5ClN4.C5H3ClN4/c1-11-3-10-6-4(11)5(7)8-2-9-6;1-11-3-10-4-5(7)8-2-9-6(4)11;6-4-3-5(9-1-7-3)10-2-8-4/h2*2-3H,1H3;1-2H,(H,7,8,9,10). The minimum atomic E-state index is 0.399. The van der Waals surface area contributed by atoms with Crippen LogP contribution in [-0.2, 0) is 14.1 Å². The molecule has 0 radical (unpaired) electrons. The number of halogens is 3. The first-order valence-electron chi connectivity index (χ1n) is 8.80. The van der Waals surface area contributed by atoms with E-state index in [4.69, 9.17) is 34.8 Å². The molecule has 0 saturated carbocycles. The molecule has 32 heavy (non-hydrogen) atoms. The molecule has 15 heteroatoms. The molecule has 6 aromatic heterocycles. The van der Waals surface area contributed by atoms with E-state index in [1.165, 1.54) is 25.3 Å². The second-order valence-electron chi connectivity index (χ2n) is 6.15. The van der Waals surface area contributed by atoms with Crippen LogP contribution in [0.25, 0.3) is 33.5 Å². The monoisotopic (exact) mass is 490 g/mol. The van der Waals surface area contributed by atoms with Crippen molar-refractivity contribution in [2.45, 2.75) is 0 Å². The van der Waals surface area contributed by atoms with E-state index in [1.54, 1.807) is 21.8 Å². The van der Waals surface area contributed by atoms with Gasteiger partial charge in [0.05, 0.1) is 19.0 Å². The molecule has 6 heterocycles. The lowest BCUT2D eigenvalue weighted by atomic mass is 10.5. The van der Waals surface area contributed by atoms with Crippen LogP contribution in [-0.4, -0.2) is 59.0 Å². The number of hydrogen-bond donors (Lipinski definition) is 1. The van der Waals surface area contributed by atoms with Crippen LogP contribution >= 0.6 is 34.8 Å². The van der Waals surface area contributed by atoms with Gasteiger partial charge in [-0.15, -0.1) is 0 Å². The van der Waals surface area contributed by atoms with Crippen molar-refractivity contribution in [1.29, 1.82) is 0 Å². The van der Waals surface area contributed by atoms with Crippen LogP contribution in [0.1, 0.15) is 0 Å². The van der Waals surface area contributed by atoms with Crippen molar-refractivity contribution >= 4 is 68.3 Å². The van der Waals surface area contributed by atoms with Crippen molar-refractivity contribution in [3.8, 4) is 0 Å². The summed E-state index contributed by atoms with van der Waals surface area (Å²) >= 11 is 17.2. The van der Waals surface area contributed by atoms with Gasteiger partial charge >= 0.3 is 0 Å². The van der Waals surface area contributed by atoms with E-state index in [1.807, 2.05) is 14.1 Å². The number of nitrogens with zero attached hydrogens (tertiary/aromatic N) is 11. The average Bonchev–Trinajstić information content (AvgIpc) is 3.50. The van der Waals surface area contributed by atoms with Crippen LogP contribution in [0.15, 0.2) is 38.0 Å². The van der Waals surface area contributed by atoms with Gasteiger partial charge < -0.3 is 14.1 Å². The Morgan fingerprint density at radius 2 is 1.31 bits per heavy atom. The molecule has 0 aromatic carbocycles.